The van der Waals surface area contributed by atoms with E-state index in [0.29, 0.717) is 11.5 Å². The molecule has 1 aliphatic carbocycles. The van der Waals surface area contributed by atoms with Gasteiger partial charge in [-0.2, -0.15) is 5.10 Å². The molecular formula is C15H12N6OS. The van der Waals surface area contributed by atoms with Gasteiger partial charge in [-0.25, -0.2) is 19.6 Å². The number of aromatic amines is 1. The summed E-state index contributed by atoms with van der Waals surface area (Å²) in [5.74, 6) is 0.492. The minimum Gasteiger partial charge on any atom is -0.268 e. The molecule has 0 unspecified atom stereocenters. The van der Waals surface area contributed by atoms with Crippen LogP contribution < -0.4 is 5.56 Å². The highest BCUT2D eigenvalue weighted by Crippen LogP contribution is 2.37. The third kappa shape index (κ3) is 1.91. The van der Waals surface area contributed by atoms with Crippen LogP contribution in [0.15, 0.2) is 23.3 Å². The van der Waals surface area contributed by atoms with E-state index in [0.717, 1.165) is 28.7 Å². The van der Waals surface area contributed by atoms with Gasteiger partial charge in [0, 0.05) is 10.9 Å². The predicted octanol–water partition coefficient (Wildman–Crippen LogP) is 1.97. The van der Waals surface area contributed by atoms with Crippen molar-refractivity contribution in [2.75, 3.05) is 0 Å². The smallest absolute Gasteiger partial charge is 0.264 e. The lowest BCUT2D eigenvalue weighted by Crippen LogP contribution is -2.05. The quantitative estimate of drug-likeness (QED) is 0.578. The van der Waals surface area contributed by atoms with Crippen LogP contribution in [0.25, 0.3) is 27.4 Å². The second-order valence-electron chi connectivity index (χ2n) is 5.65. The lowest BCUT2D eigenvalue weighted by molar-refractivity contribution is 0.700. The van der Waals surface area contributed by atoms with Crippen LogP contribution >= 0.6 is 11.3 Å². The first-order chi connectivity index (χ1) is 11.3. The number of H-pyrrole nitrogens is 1. The third-order valence-electron chi connectivity index (χ3n) is 4.20. The Balaban J connectivity index is 1.79. The van der Waals surface area contributed by atoms with Gasteiger partial charge in [0.1, 0.15) is 16.9 Å². The molecular weight excluding hydrogens is 312 g/mol. The summed E-state index contributed by atoms with van der Waals surface area (Å²) in [5.41, 5.74) is 2.50. The fourth-order valence-corrected chi connectivity index (χ4v) is 4.36. The standard InChI is InChI=1S/C15H12N6OS/c22-11-6-5-9(18-19-11)13-17-14-12-8-3-1-2-4-10(8)23-15(12)16-7-21(14)20-13/h5-7H,1-4H2,(H,19,22). The molecule has 4 aromatic heterocycles. The number of aromatic nitrogens is 6. The molecule has 7 nitrogen and oxygen atoms in total. The van der Waals surface area contributed by atoms with E-state index in [1.165, 1.54) is 29.3 Å². The second kappa shape index (κ2) is 4.69. The average molecular weight is 324 g/mol. The van der Waals surface area contributed by atoms with Crippen molar-refractivity contribution in [2.24, 2.45) is 0 Å². The number of hydrogen-bond donors (Lipinski definition) is 1. The summed E-state index contributed by atoms with van der Waals surface area (Å²) in [7, 11) is 0. The Hall–Kier alpha value is -2.61. The Bertz CT molecular complexity index is 1090. The monoisotopic (exact) mass is 324 g/mol. The molecule has 23 heavy (non-hydrogen) atoms. The summed E-state index contributed by atoms with van der Waals surface area (Å²) in [6, 6.07) is 3.05. The van der Waals surface area contributed by atoms with Gasteiger partial charge in [0.25, 0.3) is 5.56 Å². The van der Waals surface area contributed by atoms with Gasteiger partial charge in [-0.3, -0.25) is 4.79 Å². The Morgan fingerprint density at radius 2 is 2.13 bits per heavy atom. The van der Waals surface area contributed by atoms with Crippen molar-refractivity contribution < 1.29 is 0 Å². The Kier molecular flexibility index (Phi) is 2.63. The van der Waals surface area contributed by atoms with E-state index < -0.39 is 0 Å². The molecule has 0 aliphatic heterocycles. The molecule has 1 aliphatic rings. The topological polar surface area (TPSA) is 88.8 Å². The van der Waals surface area contributed by atoms with Gasteiger partial charge >= 0.3 is 0 Å². The molecule has 1 N–H and O–H groups in total. The Morgan fingerprint density at radius 3 is 3.00 bits per heavy atom. The summed E-state index contributed by atoms with van der Waals surface area (Å²) in [5, 5.41) is 12.0. The molecule has 0 atom stereocenters. The van der Waals surface area contributed by atoms with Gasteiger partial charge in [-0.1, -0.05) is 0 Å². The van der Waals surface area contributed by atoms with Crippen molar-refractivity contribution in [1.82, 2.24) is 29.8 Å². The van der Waals surface area contributed by atoms with Crippen molar-refractivity contribution in [3.05, 3.63) is 39.3 Å². The highest BCUT2D eigenvalue weighted by Gasteiger charge is 2.21. The molecule has 8 heteroatoms. The first-order valence-corrected chi connectivity index (χ1v) is 8.33. The number of nitrogens with zero attached hydrogens (tertiary/aromatic N) is 5. The van der Waals surface area contributed by atoms with E-state index in [9.17, 15) is 4.79 Å². The van der Waals surface area contributed by atoms with Crippen LogP contribution in [0.2, 0.25) is 0 Å². The number of hydrogen-bond acceptors (Lipinski definition) is 6. The molecule has 0 spiro atoms. The van der Waals surface area contributed by atoms with Crippen LogP contribution in [0.4, 0.5) is 0 Å². The van der Waals surface area contributed by atoms with E-state index in [-0.39, 0.29) is 5.56 Å². The SMILES string of the molecule is O=c1ccc(-c2nc3c4c5c(sc4ncn3n2)CCCC5)n[nH]1. The maximum absolute atomic E-state index is 11.2. The molecule has 4 aromatic rings. The number of thiophene rings is 1. The maximum atomic E-state index is 11.2. The molecule has 5 rings (SSSR count). The minimum atomic E-state index is -0.242. The lowest BCUT2D eigenvalue weighted by Gasteiger charge is -2.09. The molecule has 0 radical (unpaired) electrons. The molecule has 0 amide bonds. The summed E-state index contributed by atoms with van der Waals surface area (Å²) in [4.78, 5) is 22.8. The van der Waals surface area contributed by atoms with E-state index in [2.05, 4.69) is 25.3 Å². The number of fused-ring (bicyclic) bond motifs is 5. The van der Waals surface area contributed by atoms with Gasteiger partial charge in [0.15, 0.2) is 5.65 Å². The first-order valence-electron chi connectivity index (χ1n) is 7.51. The Labute approximate surface area is 134 Å². The lowest BCUT2D eigenvalue weighted by atomic mass is 9.97. The second-order valence-corrected chi connectivity index (χ2v) is 6.73. The maximum Gasteiger partial charge on any atom is 0.264 e. The van der Waals surface area contributed by atoms with Crippen molar-refractivity contribution in [1.29, 1.82) is 0 Å². The molecule has 4 heterocycles. The average Bonchev–Trinajstić information content (AvgIpc) is 3.16. The van der Waals surface area contributed by atoms with Crippen molar-refractivity contribution in [3.63, 3.8) is 0 Å². The number of nitrogens with one attached hydrogen (secondary N) is 1. The Morgan fingerprint density at radius 1 is 1.22 bits per heavy atom. The summed E-state index contributed by atoms with van der Waals surface area (Å²) in [6.45, 7) is 0. The fourth-order valence-electron chi connectivity index (χ4n) is 3.13. The van der Waals surface area contributed by atoms with Crippen LogP contribution in [0.3, 0.4) is 0 Å². The summed E-state index contributed by atoms with van der Waals surface area (Å²) in [6.07, 6.45) is 6.36. The molecule has 0 bridgehead atoms. The van der Waals surface area contributed by atoms with Crippen LogP contribution in [0, 0.1) is 0 Å². The van der Waals surface area contributed by atoms with Gasteiger partial charge in [-0.15, -0.1) is 16.4 Å². The third-order valence-corrected chi connectivity index (χ3v) is 5.40. The van der Waals surface area contributed by atoms with E-state index >= 15 is 0 Å². The van der Waals surface area contributed by atoms with E-state index in [1.54, 1.807) is 28.2 Å². The highest BCUT2D eigenvalue weighted by molar-refractivity contribution is 7.19. The first kappa shape index (κ1) is 12.9. The van der Waals surface area contributed by atoms with Gasteiger partial charge < -0.3 is 0 Å². The van der Waals surface area contributed by atoms with Crippen molar-refractivity contribution in [2.45, 2.75) is 25.7 Å². The molecule has 0 saturated heterocycles. The van der Waals surface area contributed by atoms with E-state index in [4.69, 9.17) is 0 Å². The zero-order chi connectivity index (χ0) is 15.4. The van der Waals surface area contributed by atoms with Crippen LogP contribution in [-0.4, -0.2) is 29.8 Å². The largest absolute Gasteiger partial charge is 0.268 e. The molecule has 114 valence electrons. The number of rotatable bonds is 1. The van der Waals surface area contributed by atoms with E-state index in [1.807, 2.05) is 0 Å². The fraction of sp³-hybridized carbons (Fsp3) is 0.267. The normalized spacial score (nSPS) is 14.4. The van der Waals surface area contributed by atoms with Crippen LogP contribution in [-0.2, 0) is 12.8 Å². The number of aryl methyl sites for hydroxylation is 2. The molecule has 0 saturated carbocycles. The molecule has 0 fully saturated rings. The zero-order valence-electron chi connectivity index (χ0n) is 12.1. The summed E-state index contributed by atoms with van der Waals surface area (Å²) < 4.78 is 1.70. The minimum absolute atomic E-state index is 0.242. The zero-order valence-corrected chi connectivity index (χ0v) is 12.9. The van der Waals surface area contributed by atoms with Crippen molar-refractivity contribution >= 4 is 27.2 Å². The highest BCUT2D eigenvalue weighted by atomic mass is 32.1. The van der Waals surface area contributed by atoms with Gasteiger partial charge in [0.2, 0.25) is 5.82 Å². The molecule has 0 aromatic carbocycles. The van der Waals surface area contributed by atoms with Crippen molar-refractivity contribution in [3.8, 4) is 11.5 Å². The predicted molar refractivity (Wildman–Crippen MR) is 86.7 cm³/mol. The van der Waals surface area contributed by atoms with Crippen LogP contribution in [0.1, 0.15) is 23.3 Å². The summed E-state index contributed by atoms with van der Waals surface area (Å²) >= 11 is 1.77. The van der Waals surface area contributed by atoms with Gasteiger partial charge in [-0.05, 0) is 37.3 Å². The van der Waals surface area contributed by atoms with Gasteiger partial charge in [0.05, 0.1) is 5.39 Å². The van der Waals surface area contributed by atoms with Crippen LogP contribution in [0.5, 0.6) is 0 Å².